The number of nitrogen functional groups attached to an aromatic ring is 1. The van der Waals surface area contributed by atoms with Gasteiger partial charge in [-0.2, -0.15) is 0 Å². The van der Waals surface area contributed by atoms with E-state index in [0.29, 0.717) is 35.0 Å². The van der Waals surface area contributed by atoms with Gasteiger partial charge in [-0.3, -0.25) is 0 Å². The molecule has 1 fully saturated rings. The summed E-state index contributed by atoms with van der Waals surface area (Å²) >= 11 is 0. The minimum atomic E-state index is -0.316. The fraction of sp³-hybridized carbons (Fsp3) is 0.600. The topological polar surface area (TPSA) is 47.3 Å². The maximum Gasteiger partial charge on any atom is 0.148 e. The quantitative estimate of drug-likeness (QED) is 0.821. The van der Waals surface area contributed by atoms with Crippen LogP contribution in [-0.4, -0.2) is 13.2 Å². The molecule has 1 aromatic carbocycles. The first-order valence-corrected chi connectivity index (χ1v) is 6.89. The summed E-state index contributed by atoms with van der Waals surface area (Å²) in [5.41, 5.74) is 6.50. The van der Waals surface area contributed by atoms with Crippen LogP contribution in [0.4, 0.5) is 15.8 Å². The monoisotopic (exact) mass is 266 g/mol. The first kappa shape index (κ1) is 14.0. The van der Waals surface area contributed by atoms with Crippen molar-refractivity contribution in [2.45, 2.75) is 39.2 Å². The Bertz CT molecular complexity index is 440. The fourth-order valence-electron chi connectivity index (χ4n) is 3.14. The number of hydrogen-bond acceptors (Lipinski definition) is 3. The maximum absolute atomic E-state index is 13.9. The number of rotatable bonds is 3. The van der Waals surface area contributed by atoms with Gasteiger partial charge in [0, 0.05) is 18.2 Å². The minimum absolute atomic E-state index is 0.316. The Labute approximate surface area is 114 Å². The van der Waals surface area contributed by atoms with Crippen LogP contribution in [0.15, 0.2) is 12.1 Å². The van der Waals surface area contributed by atoms with Crippen LogP contribution >= 0.6 is 0 Å². The highest BCUT2D eigenvalue weighted by Gasteiger charge is 2.24. The molecule has 106 valence electrons. The summed E-state index contributed by atoms with van der Waals surface area (Å²) < 4.78 is 19.1. The van der Waals surface area contributed by atoms with Gasteiger partial charge in [-0.1, -0.05) is 13.8 Å². The third-order valence-corrected chi connectivity index (χ3v) is 3.86. The normalized spacial score (nSPS) is 27.1. The van der Waals surface area contributed by atoms with Crippen LogP contribution in [0.25, 0.3) is 0 Å². The van der Waals surface area contributed by atoms with E-state index in [0.717, 1.165) is 12.8 Å². The molecule has 2 rings (SSSR count). The van der Waals surface area contributed by atoms with Crippen molar-refractivity contribution in [1.29, 1.82) is 0 Å². The Kier molecular flexibility index (Phi) is 4.17. The smallest absolute Gasteiger partial charge is 0.148 e. The average Bonchev–Trinajstić information content (AvgIpc) is 2.31. The summed E-state index contributed by atoms with van der Waals surface area (Å²) in [4.78, 5) is 0. The molecular weight excluding hydrogens is 243 g/mol. The molecule has 1 aliphatic rings. The van der Waals surface area contributed by atoms with Crippen LogP contribution in [0, 0.1) is 17.7 Å². The number of halogens is 1. The zero-order valence-electron chi connectivity index (χ0n) is 11.9. The van der Waals surface area contributed by atoms with Crippen molar-refractivity contribution in [1.82, 2.24) is 0 Å². The molecule has 3 N–H and O–H groups in total. The molecule has 4 heteroatoms. The predicted molar refractivity (Wildman–Crippen MR) is 77.0 cm³/mol. The van der Waals surface area contributed by atoms with Crippen molar-refractivity contribution < 1.29 is 9.13 Å². The Hall–Kier alpha value is -1.45. The van der Waals surface area contributed by atoms with Gasteiger partial charge in [0.2, 0.25) is 0 Å². The van der Waals surface area contributed by atoms with Gasteiger partial charge in [-0.05, 0) is 31.1 Å². The highest BCUT2D eigenvalue weighted by Crippen LogP contribution is 2.33. The summed E-state index contributed by atoms with van der Waals surface area (Å²) in [6, 6.07) is 3.28. The zero-order valence-corrected chi connectivity index (χ0v) is 11.9. The van der Waals surface area contributed by atoms with Crippen LogP contribution < -0.4 is 15.8 Å². The Morgan fingerprint density at radius 1 is 1.21 bits per heavy atom. The molecule has 1 aromatic rings. The summed E-state index contributed by atoms with van der Waals surface area (Å²) in [5, 5.41) is 3.30. The first-order chi connectivity index (χ1) is 8.99. The number of nitrogens with one attached hydrogen (secondary N) is 1. The molecule has 3 nitrogen and oxygen atoms in total. The number of hydrogen-bond donors (Lipinski definition) is 2. The number of methoxy groups -OCH3 is 1. The predicted octanol–water partition coefficient (Wildman–Crippen LogP) is 3.65. The van der Waals surface area contributed by atoms with Gasteiger partial charge in [-0.25, -0.2) is 4.39 Å². The van der Waals surface area contributed by atoms with Gasteiger partial charge in [0.1, 0.15) is 11.6 Å². The highest BCUT2D eigenvalue weighted by atomic mass is 19.1. The van der Waals surface area contributed by atoms with E-state index < -0.39 is 0 Å². The molecule has 0 heterocycles. The van der Waals surface area contributed by atoms with Gasteiger partial charge < -0.3 is 15.8 Å². The van der Waals surface area contributed by atoms with Gasteiger partial charge in [-0.15, -0.1) is 0 Å². The van der Waals surface area contributed by atoms with Crippen molar-refractivity contribution in [3.63, 3.8) is 0 Å². The standard InChI is InChI=1S/C15H23FN2O/c1-9-4-10(2)6-11(5-9)18-14-8-15(19-3)13(17)7-12(14)16/h7-11,18H,4-6,17H2,1-3H3. The third kappa shape index (κ3) is 3.31. The number of anilines is 2. The average molecular weight is 266 g/mol. The van der Waals surface area contributed by atoms with Crippen molar-refractivity contribution in [2.24, 2.45) is 11.8 Å². The van der Waals surface area contributed by atoms with E-state index in [4.69, 9.17) is 10.5 Å². The van der Waals surface area contributed by atoms with Gasteiger partial charge in [0.15, 0.2) is 0 Å². The van der Waals surface area contributed by atoms with Crippen molar-refractivity contribution in [3.8, 4) is 5.75 Å². The van der Waals surface area contributed by atoms with E-state index in [2.05, 4.69) is 19.2 Å². The second-order valence-corrected chi connectivity index (χ2v) is 5.83. The lowest BCUT2D eigenvalue weighted by molar-refractivity contribution is 0.280. The third-order valence-electron chi connectivity index (χ3n) is 3.86. The molecule has 0 aliphatic heterocycles. The lowest BCUT2D eigenvalue weighted by Crippen LogP contribution is -2.30. The molecule has 1 saturated carbocycles. The van der Waals surface area contributed by atoms with E-state index in [-0.39, 0.29) is 5.82 Å². The molecule has 0 saturated heterocycles. The van der Waals surface area contributed by atoms with E-state index in [9.17, 15) is 4.39 Å². The summed E-state index contributed by atoms with van der Waals surface area (Å²) in [5.74, 6) is 1.56. The van der Waals surface area contributed by atoms with Crippen molar-refractivity contribution >= 4 is 11.4 Å². The van der Waals surface area contributed by atoms with Gasteiger partial charge in [0.25, 0.3) is 0 Å². The summed E-state index contributed by atoms with van der Waals surface area (Å²) in [6.45, 7) is 4.51. The highest BCUT2D eigenvalue weighted by molar-refractivity contribution is 5.62. The molecule has 2 unspecified atom stereocenters. The largest absolute Gasteiger partial charge is 0.495 e. The fourth-order valence-corrected chi connectivity index (χ4v) is 3.14. The molecule has 19 heavy (non-hydrogen) atoms. The van der Waals surface area contributed by atoms with E-state index >= 15 is 0 Å². The Morgan fingerprint density at radius 3 is 2.42 bits per heavy atom. The van der Waals surface area contributed by atoms with Gasteiger partial charge in [0.05, 0.1) is 18.5 Å². The molecule has 0 amide bonds. The minimum Gasteiger partial charge on any atom is -0.495 e. The van der Waals surface area contributed by atoms with Crippen LogP contribution in [0.3, 0.4) is 0 Å². The Morgan fingerprint density at radius 2 is 1.84 bits per heavy atom. The molecule has 1 aliphatic carbocycles. The molecule has 0 aromatic heterocycles. The van der Waals surface area contributed by atoms with Crippen LogP contribution in [0.5, 0.6) is 5.75 Å². The maximum atomic E-state index is 13.9. The number of ether oxygens (including phenoxy) is 1. The van der Waals surface area contributed by atoms with Crippen molar-refractivity contribution in [2.75, 3.05) is 18.2 Å². The number of nitrogens with two attached hydrogens (primary N) is 1. The molecule has 2 atom stereocenters. The second kappa shape index (κ2) is 5.68. The zero-order chi connectivity index (χ0) is 14.0. The lowest BCUT2D eigenvalue weighted by Gasteiger charge is -2.32. The van der Waals surface area contributed by atoms with Crippen LogP contribution in [-0.2, 0) is 0 Å². The van der Waals surface area contributed by atoms with Crippen LogP contribution in [0.2, 0.25) is 0 Å². The van der Waals surface area contributed by atoms with Gasteiger partial charge >= 0.3 is 0 Å². The van der Waals surface area contributed by atoms with E-state index in [1.807, 2.05) is 0 Å². The molecule has 0 radical (unpaired) electrons. The van der Waals surface area contributed by atoms with E-state index in [1.54, 1.807) is 6.07 Å². The van der Waals surface area contributed by atoms with Crippen LogP contribution in [0.1, 0.15) is 33.1 Å². The van der Waals surface area contributed by atoms with E-state index in [1.165, 1.54) is 19.6 Å². The van der Waals surface area contributed by atoms with Crippen molar-refractivity contribution in [3.05, 3.63) is 17.9 Å². The SMILES string of the molecule is COc1cc(NC2CC(C)CC(C)C2)c(F)cc1N. The Balaban J connectivity index is 2.14. The first-order valence-electron chi connectivity index (χ1n) is 6.89. The summed E-state index contributed by atoms with van der Waals surface area (Å²) in [7, 11) is 1.54. The summed E-state index contributed by atoms with van der Waals surface area (Å²) in [6.07, 6.45) is 3.42. The number of benzene rings is 1. The molecular formula is C15H23FN2O. The second-order valence-electron chi connectivity index (χ2n) is 5.83. The lowest BCUT2D eigenvalue weighted by atomic mass is 9.80. The molecule has 0 bridgehead atoms. The molecule has 0 spiro atoms.